The van der Waals surface area contributed by atoms with Gasteiger partial charge in [-0.2, -0.15) is 26.3 Å². The summed E-state index contributed by atoms with van der Waals surface area (Å²) in [5.74, 6) is -1.85. The van der Waals surface area contributed by atoms with Crippen molar-refractivity contribution in [2.75, 3.05) is 25.4 Å². The quantitative estimate of drug-likeness (QED) is 0.538. The Kier molecular flexibility index (Phi) is 6.01. The Morgan fingerprint density at radius 3 is 2.54 bits per heavy atom. The molecule has 0 spiro atoms. The van der Waals surface area contributed by atoms with Gasteiger partial charge in [-0.3, -0.25) is 4.79 Å². The second-order valence-corrected chi connectivity index (χ2v) is 10.7. The van der Waals surface area contributed by atoms with E-state index in [1.807, 2.05) is 0 Å². The summed E-state index contributed by atoms with van der Waals surface area (Å²) in [6.07, 6.45) is -7.95. The molecule has 14 heteroatoms. The van der Waals surface area contributed by atoms with Crippen LogP contribution in [0.1, 0.15) is 35.2 Å². The lowest BCUT2D eigenvalue weighted by molar-refractivity contribution is -0.153. The third kappa shape index (κ3) is 4.93. The number of rotatable bonds is 6. The van der Waals surface area contributed by atoms with Gasteiger partial charge in [0.1, 0.15) is 17.3 Å². The Hall–Kier alpha value is -2.90. The fraction of sp³-hybridized carbons (Fsp3) is 0.476. The highest BCUT2D eigenvalue weighted by atomic mass is 32.2. The van der Waals surface area contributed by atoms with Crippen molar-refractivity contribution in [3.8, 4) is 5.75 Å². The summed E-state index contributed by atoms with van der Waals surface area (Å²) < 4.78 is 107. The van der Waals surface area contributed by atoms with Gasteiger partial charge in [0.05, 0.1) is 21.6 Å². The lowest BCUT2D eigenvalue weighted by Gasteiger charge is -2.23. The third-order valence-corrected chi connectivity index (χ3v) is 7.87. The molecule has 2 aliphatic rings. The molecule has 1 saturated carbocycles. The maximum absolute atomic E-state index is 13.3. The summed E-state index contributed by atoms with van der Waals surface area (Å²) in [4.78, 5) is 21.9. The minimum Gasteiger partial charge on any atom is -0.483 e. The zero-order valence-corrected chi connectivity index (χ0v) is 19.0. The maximum Gasteiger partial charge on any atom is 0.433 e. The van der Waals surface area contributed by atoms with Gasteiger partial charge in [0.2, 0.25) is 0 Å². The van der Waals surface area contributed by atoms with Crippen LogP contribution in [-0.2, 0) is 21.4 Å². The molecule has 1 aliphatic carbocycles. The highest BCUT2D eigenvalue weighted by Gasteiger charge is 2.64. The molecule has 2 unspecified atom stereocenters. The molecule has 2 heterocycles. The number of fused-ring (bicyclic) bond motifs is 1. The molecule has 2 atom stereocenters. The number of sulfone groups is 1. The minimum absolute atomic E-state index is 0.0662. The number of ether oxygens (including phenoxy) is 1. The molecule has 190 valence electrons. The average Bonchev–Trinajstić information content (AvgIpc) is 3.36. The number of hydrogen-bond acceptors (Lipinski definition) is 6. The Morgan fingerprint density at radius 2 is 1.91 bits per heavy atom. The number of aromatic nitrogens is 2. The molecule has 1 aromatic heterocycles. The van der Waals surface area contributed by atoms with E-state index in [0.717, 1.165) is 30.5 Å². The summed E-state index contributed by atoms with van der Waals surface area (Å²) in [7, 11) is -3.79. The maximum atomic E-state index is 13.3. The first-order valence-corrected chi connectivity index (χ1v) is 12.1. The highest BCUT2D eigenvalue weighted by Crippen LogP contribution is 2.58. The summed E-state index contributed by atoms with van der Waals surface area (Å²) >= 11 is 0. The zero-order valence-electron chi connectivity index (χ0n) is 18.2. The molecule has 1 aliphatic heterocycles. The van der Waals surface area contributed by atoms with Crippen LogP contribution in [0, 0.1) is 5.92 Å². The SMILES string of the molecule is CCS(=O)(=O)c1ccc(OCC(F)(F)F)c(C(=O)N2CC3CC3(c3nccc(C(F)(F)F)n3)C2)c1. The van der Waals surface area contributed by atoms with Crippen molar-refractivity contribution in [1.29, 1.82) is 0 Å². The van der Waals surface area contributed by atoms with Gasteiger partial charge in [-0.1, -0.05) is 6.92 Å². The lowest BCUT2D eigenvalue weighted by atomic mass is 10.1. The Bertz CT molecular complexity index is 1260. The molecule has 1 saturated heterocycles. The predicted molar refractivity (Wildman–Crippen MR) is 108 cm³/mol. The fourth-order valence-corrected chi connectivity index (χ4v) is 5.14. The Labute approximate surface area is 196 Å². The number of amides is 1. The molecular formula is C21H19F6N3O4S. The van der Waals surface area contributed by atoms with Crippen LogP contribution in [0.15, 0.2) is 35.4 Å². The van der Waals surface area contributed by atoms with E-state index in [9.17, 15) is 39.6 Å². The number of benzene rings is 1. The van der Waals surface area contributed by atoms with Crippen molar-refractivity contribution in [3.05, 3.63) is 47.5 Å². The van der Waals surface area contributed by atoms with E-state index >= 15 is 0 Å². The van der Waals surface area contributed by atoms with Crippen LogP contribution in [-0.4, -0.2) is 60.8 Å². The topological polar surface area (TPSA) is 89.5 Å². The smallest absolute Gasteiger partial charge is 0.433 e. The van der Waals surface area contributed by atoms with E-state index in [2.05, 4.69) is 9.97 Å². The molecule has 0 bridgehead atoms. The van der Waals surface area contributed by atoms with E-state index in [1.54, 1.807) is 0 Å². The summed E-state index contributed by atoms with van der Waals surface area (Å²) in [6, 6.07) is 3.74. The number of hydrogen-bond donors (Lipinski definition) is 0. The standard InChI is InChI=1S/C21H19F6N3O4S/c1-2-35(32,33)13-3-4-15(34-11-20(22,23)24)14(7-13)17(31)30-9-12-8-19(12,10-30)18-28-6-5-16(29-18)21(25,26)27/h3-7,12H,2,8-11H2,1H3. The van der Waals surface area contributed by atoms with Gasteiger partial charge in [0.25, 0.3) is 5.91 Å². The van der Waals surface area contributed by atoms with Gasteiger partial charge >= 0.3 is 12.4 Å². The molecule has 35 heavy (non-hydrogen) atoms. The summed E-state index contributed by atoms with van der Waals surface area (Å²) in [6.45, 7) is -0.293. The Balaban J connectivity index is 1.64. The van der Waals surface area contributed by atoms with Crippen LogP contribution < -0.4 is 4.74 Å². The first kappa shape index (κ1) is 25.2. The number of halogens is 6. The number of nitrogens with zero attached hydrogens (tertiary/aromatic N) is 3. The van der Waals surface area contributed by atoms with Gasteiger partial charge in [-0.05, 0) is 36.6 Å². The van der Waals surface area contributed by atoms with Crippen molar-refractivity contribution in [2.24, 2.45) is 5.92 Å². The van der Waals surface area contributed by atoms with Crippen LogP contribution in [0.2, 0.25) is 0 Å². The molecule has 0 N–H and O–H groups in total. The van der Waals surface area contributed by atoms with Crippen molar-refractivity contribution < 1.29 is 44.3 Å². The van der Waals surface area contributed by atoms with Crippen molar-refractivity contribution in [2.45, 2.75) is 36.0 Å². The van der Waals surface area contributed by atoms with Crippen molar-refractivity contribution in [3.63, 3.8) is 0 Å². The first-order chi connectivity index (χ1) is 16.2. The van der Waals surface area contributed by atoms with Gasteiger partial charge in [0.15, 0.2) is 16.4 Å². The van der Waals surface area contributed by atoms with Crippen LogP contribution in [0.4, 0.5) is 26.3 Å². The summed E-state index contributed by atoms with van der Waals surface area (Å²) in [5.41, 5.74) is -2.41. The number of piperidine rings is 1. The predicted octanol–water partition coefficient (Wildman–Crippen LogP) is 3.64. The van der Waals surface area contributed by atoms with E-state index in [-0.39, 0.29) is 41.0 Å². The Morgan fingerprint density at radius 1 is 1.20 bits per heavy atom. The fourth-order valence-electron chi connectivity index (χ4n) is 4.23. The largest absolute Gasteiger partial charge is 0.483 e. The van der Waals surface area contributed by atoms with Crippen molar-refractivity contribution >= 4 is 15.7 Å². The number of likely N-dealkylation sites (tertiary alicyclic amines) is 1. The minimum atomic E-state index is -4.70. The number of carbonyl (C=O) groups excluding carboxylic acids is 1. The number of alkyl halides is 6. The number of carbonyl (C=O) groups is 1. The average molecular weight is 523 g/mol. The normalized spacial score (nSPS) is 22.1. The van der Waals surface area contributed by atoms with E-state index in [1.165, 1.54) is 11.8 Å². The molecule has 7 nitrogen and oxygen atoms in total. The molecule has 2 aromatic rings. The van der Waals surface area contributed by atoms with Crippen LogP contribution in [0.3, 0.4) is 0 Å². The second kappa shape index (κ2) is 8.35. The zero-order chi connectivity index (χ0) is 25.8. The van der Waals surface area contributed by atoms with Crippen LogP contribution in [0.25, 0.3) is 0 Å². The van der Waals surface area contributed by atoms with Crippen LogP contribution in [0.5, 0.6) is 5.75 Å². The van der Waals surface area contributed by atoms with Crippen molar-refractivity contribution in [1.82, 2.24) is 14.9 Å². The van der Waals surface area contributed by atoms with Crippen LogP contribution >= 0.6 is 0 Å². The van der Waals surface area contributed by atoms with Gasteiger partial charge in [-0.15, -0.1) is 0 Å². The van der Waals surface area contributed by atoms with Gasteiger partial charge in [-0.25, -0.2) is 18.4 Å². The van der Waals surface area contributed by atoms with E-state index < -0.39 is 51.6 Å². The molecule has 1 amide bonds. The van der Waals surface area contributed by atoms with E-state index in [0.29, 0.717) is 6.42 Å². The lowest BCUT2D eigenvalue weighted by Crippen LogP contribution is -2.34. The summed E-state index contributed by atoms with van der Waals surface area (Å²) in [5, 5.41) is 0. The molecule has 2 fully saturated rings. The molecule has 0 radical (unpaired) electrons. The monoisotopic (exact) mass is 523 g/mol. The van der Waals surface area contributed by atoms with Gasteiger partial charge < -0.3 is 9.64 Å². The first-order valence-electron chi connectivity index (χ1n) is 10.4. The third-order valence-electron chi connectivity index (χ3n) is 6.14. The second-order valence-electron chi connectivity index (χ2n) is 8.47. The van der Waals surface area contributed by atoms with Gasteiger partial charge in [0, 0.05) is 19.3 Å². The van der Waals surface area contributed by atoms with E-state index in [4.69, 9.17) is 4.74 Å². The molecule has 4 rings (SSSR count). The molecule has 1 aromatic carbocycles. The molecular weight excluding hydrogens is 504 g/mol. The highest BCUT2D eigenvalue weighted by molar-refractivity contribution is 7.91.